The SMILES string of the molecule is C=C1C(=O)O[C@@H]2C[C@]3(C)O[C@H]3CC/C(C)=C/[C@@H](O)[C@H]12. The lowest BCUT2D eigenvalue weighted by Gasteiger charge is -2.24. The van der Waals surface area contributed by atoms with Gasteiger partial charge in [-0.3, -0.25) is 0 Å². The molecular formula is C15H20O4. The highest BCUT2D eigenvalue weighted by molar-refractivity contribution is 5.91. The van der Waals surface area contributed by atoms with Crippen molar-refractivity contribution in [1.82, 2.24) is 0 Å². The van der Waals surface area contributed by atoms with Gasteiger partial charge in [-0.1, -0.05) is 18.2 Å². The van der Waals surface area contributed by atoms with E-state index in [1.165, 1.54) is 0 Å². The van der Waals surface area contributed by atoms with Crippen LogP contribution < -0.4 is 0 Å². The van der Waals surface area contributed by atoms with Crippen molar-refractivity contribution in [1.29, 1.82) is 0 Å². The van der Waals surface area contributed by atoms with Gasteiger partial charge in [0.1, 0.15) is 6.10 Å². The maximum absolute atomic E-state index is 11.7. The van der Waals surface area contributed by atoms with E-state index in [2.05, 4.69) is 13.5 Å². The van der Waals surface area contributed by atoms with Crippen molar-refractivity contribution >= 4 is 5.97 Å². The standard InChI is InChI=1S/C15H20O4/c1-8-4-5-12-15(3,19-12)7-11-13(10(16)6-8)9(2)14(17)18-11/h6,10-13,16H,2,4-5,7H2,1,3H3/b8-6+/t10-,11-,12+,13+,15+/m1/s1. The molecule has 1 aliphatic carbocycles. The maximum Gasteiger partial charge on any atom is 0.334 e. The molecule has 1 N–H and O–H groups in total. The molecule has 4 nitrogen and oxygen atoms in total. The molecular weight excluding hydrogens is 244 g/mol. The van der Waals surface area contributed by atoms with Gasteiger partial charge in [-0.15, -0.1) is 0 Å². The van der Waals surface area contributed by atoms with Crippen LogP contribution in [0, 0.1) is 5.92 Å². The lowest BCUT2D eigenvalue weighted by Crippen LogP contribution is -2.32. The lowest BCUT2D eigenvalue weighted by molar-refractivity contribution is -0.140. The molecule has 0 unspecified atom stereocenters. The van der Waals surface area contributed by atoms with Crippen molar-refractivity contribution in [3.05, 3.63) is 23.8 Å². The molecule has 0 bridgehead atoms. The van der Waals surface area contributed by atoms with Gasteiger partial charge >= 0.3 is 5.97 Å². The third-order valence-corrected chi connectivity index (χ3v) is 4.59. The van der Waals surface area contributed by atoms with E-state index < -0.39 is 6.10 Å². The third-order valence-electron chi connectivity index (χ3n) is 4.59. The normalized spacial score (nSPS) is 48.7. The van der Waals surface area contributed by atoms with Crippen LogP contribution in [-0.2, 0) is 14.3 Å². The summed E-state index contributed by atoms with van der Waals surface area (Å²) in [5.74, 6) is -0.734. The maximum atomic E-state index is 11.7. The Morgan fingerprint density at radius 3 is 3.00 bits per heavy atom. The van der Waals surface area contributed by atoms with E-state index in [9.17, 15) is 9.90 Å². The van der Waals surface area contributed by atoms with Crippen molar-refractivity contribution < 1.29 is 19.4 Å². The van der Waals surface area contributed by atoms with Crippen LogP contribution in [0.2, 0.25) is 0 Å². The second-order valence-electron chi connectivity index (χ2n) is 6.16. The number of fused-ring (bicyclic) bond motifs is 2. The van der Waals surface area contributed by atoms with Gasteiger partial charge < -0.3 is 14.6 Å². The summed E-state index contributed by atoms with van der Waals surface area (Å²) in [4.78, 5) is 11.7. The number of hydrogen-bond acceptors (Lipinski definition) is 4. The number of hydrogen-bond donors (Lipinski definition) is 1. The quantitative estimate of drug-likeness (QED) is 0.313. The topological polar surface area (TPSA) is 59.1 Å². The zero-order valence-electron chi connectivity index (χ0n) is 11.4. The van der Waals surface area contributed by atoms with Gasteiger partial charge in [-0.2, -0.15) is 0 Å². The highest BCUT2D eigenvalue weighted by Crippen LogP contribution is 2.47. The molecule has 2 aliphatic heterocycles. The van der Waals surface area contributed by atoms with E-state index in [-0.39, 0.29) is 29.7 Å². The first-order valence-corrected chi connectivity index (χ1v) is 6.84. The molecule has 0 amide bonds. The predicted molar refractivity (Wildman–Crippen MR) is 69.4 cm³/mol. The van der Waals surface area contributed by atoms with Gasteiger partial charge in [-0.25, -0.2) is 4.79 Å². The summed E-state index contributed by atoms with van der Waals surface area (Å²) in [5, 5.41) is 10.3. The summed E-state index contributed by atoms with van der Waals surface area (Å²) in [6.07, 6.45) is 3.54. The molecule has 0 aromatic rings. The molecule has 2 saturated heterocycles. The number of epoxide rings is 1. The number of aliphatic hydroxyl groups excluding tert-OH is 1. The van der Waals surface area contributed by atoms with E-state index in [0.29, 0.717) is 12.0 Å². The molecule has 0 saturated carbocycles. The van der Waals surface area contributed by atoms with Crippen LogP contribution in [0.5, 0.6) is 0 Å². The van der Waals surface area contributed by atoms with E-state index in [4.69, 9.17) is 9.47 Å². The van der Waals surface area contributed by atoms with Crippen LogP contribution in [0.3, 0.4) is 0 Å². The minimum absolute atomic E-state index is 0.217. The third kappa shape index (κ3) is 2.13. The first-order valence-electron chi connectivity index (χ1n) is 6.84. The van der Waals surface area contributed by atoms with E-state index >= 15 is 0 Å². The Balaban J connectivity index is 1.92. The number of ether oxygens (including phenoxy) is 2. The van der Waals surface area contributed by atoms with Crippen LogP contribution in [0.1, 0.15) is 33.1 Å². The smallest absolute Gasteiger partial charge is 0.334 e. The first-order chi connectivity index (χ1) is 8.90. The largest absolute Gasteiger partial charge is 0.458 e. The Morgan fingerprint density at radius 1 is 1.53 bits per heavy atom. The van der Waals surface area contributed by atoms with E-state index in [0.717, 1.165) is 18.4 Å². The van der Waals surface area contributed by atoms with Crippen molar-refractivity contribution in [2.45, 2.75) is 57.0 Å². The molecule has 0 radical (unpaired) electrons. The summed E-state index contributed by atoms with van der Waals surface area (Å²) >= 11 is 0. The molecule has 5 atom stereocenters. The van der Waals surface area contributed by atoms with Crippen molar-refractivity contribution in [3.8, 4) is 0 Å². The lowest BCUT2D eigenvalue weighted by atomic mass is 9.83. The van der Waals surface area contributed by atoms with Gasteiger partial charge in [0.05, 0.1) is 23.7 Å². The molecule has 0 spiro atoms. The number of rotatable bonds is 0. The van der Waals surface area contributed by atoms with Gasteiger partial charge in [-0.05, 0) is 26.7 Å². The first kappa shape index (κ1) is 12.9. The molecule has 2 heterocycles. The number of carbonyl (C=O) groups excluding carboxylic acids is 1. The average molecular weight is 264 g/mol. The van der Waals surface area contributed by atoms with Crippen LogP contribution >= 0.6 is 0 Å². The Labute approximate surface area is 113 Å². The van der Waals surface area contributed by atoms with Crippen LogP contribution in [0.15, 0.2) is 23.8 Å². The van der Waals surface area contributed by atoms with Crippen LogP contribution in [0.4, 0.5) is 0 Å². The van der Waals surface area contributed by atoms with Gasteiger partial charge in [0.25, 0.3) is 0 Å². The highest BCUT2D eigenvalue weighted by Gasteiger charge is 2.56. The minimum Gasteiger partial charge on any atom is -0.458 e. The molecule has 4 heteroatoms. The summed E-state index contributed by atoms with van der Waals surface area (Å²) in [6.45, 7) is 7.83. The molecule has 3 aliphatic rings. The molecule has 104 valence electrons. The Hall–Kier alpha value is -1.13. The Morgan fingerprint density at radius 2 is 2.26 bits per heavy atom. The fourth-order valence-corrected chi connectivity index (χ4v) is 3.31. The second-order valence-corrected chi connectivity index (χ2v) is 6.16. The summed E-state index contributed by atoms with van der Waals surface area (Å²) in [5.41, 5.74) is 1.28. The Kier molecular flexibility index (Phi) is 2.84. The fourth-order valence-electron chi connectivity index (χ4n) is 3.31. The zero-order valence-corrected chi connectivity index (χ0v) is 11.4. The van der Waals surface area contributed by atoms with Gasteiger partial charge in [0, 0.05) is 12.0 Å². The number of allylic oxidation sites excluding steroid dienone is 1. The second kappa shape index (κ2) is 4.18. The molecule has 0 aromatic heterocycles. The van der Waals surface area contributed by atoms with Gasteiger partial charge in [0.15, 0.2) is 0 Å². The van der Waals surface area contributed by atoms with Crippen molar-refractivity contribution in [3.63, 3.8) is 0 Å². The summed E-state index contributed by atoms with van der Waals surface area (Å²) in [6, 6.07) is 0. The number of esters is 1. The van der Waals surface area contributed by atoms with Gasteiger partial charge in [0.2, 0.25) is 0 Å². The Bertz CT molecular complexity index is 467. The molecule has 19 heavy (non-hydrogen) atoms. The molecule has 3 rings (SSSR count). The molecule has 2 fully saturated rings. The highest BCUT2D eigenvalue weighted by atomic mass is 16.6. The summed E-state index contributed by atoms with van der Waals surface area (Å²) < 4.78 is 11.1. The number of carbonyl (C=O) groups is 1. The average Bonchev–Trinajstić information content (AvgIpc) is 2.87. The molecule has 0 aromatic carbocycles. The minimum atomic E-state index is -0.706. The number of aliphatic hydroxyl groups is 1. The zero-order chi connectivity index (χ0) is 13.8. The van der Waals surface area contributed by atoms with E-state index in [1.54, 1.807) is 0 Å². The predicted octanol–water partition coefficient (Wildman–Crippen LogP) is 1.73. The van der Waals surface area contributed by atoms with Crippen molar-refractivity contribution in [2.24, 2.45) is 5.92 Å². The van der Waals surface area contributed by atoms with E-state index in [1.807, 2.05) is 13.0 Å². The summed E-state index contributed by atoms with van der Waals surface area (Å²) in [7, 11) is 0. The van der Waals surface area contributed by atoms with Crippen LogP contribution in [-0.4, -0.2) is 35.0 Å². The van der Waals surface area contributed by atoms with Crippen molar-refractivity contribution in [2.75, 3.05) is 0 Å². The van der Waals surface area contributed by atoms with Crippen LogP contribution in [0.25, 0.3) is 0 Å². The fraction of sp³-hybridized carbons (Fsp3) is 0.667. The monoisotopic (exact) mass is 264 g/mol.